The zero-order valence-electron chi connectivity index (χ0n) is 9.23. The van der Waals surface area contributed by atoms with Crippen molar-refractivity contribution in [3.05, 3.63) is 38.0 Å². The number of hydrogen-bond acceptors (Lipinski definition) is 3. The van der Waals surface area contributed by atoms with Gasteiger partial charge in [0.15, 0.2) is 0 Å². The van der Waals surface area contributed by atoms with Crippen molar-refractivity contribution in [1.29, 1.82) is 0 Å². The standard InChI is InChI=1S/C11H12BrClN2OS/c1-2-15-4-3-14-10(15)6-8(16)9-5-7(12)11(13)17-9/h3-5,8,16H,2,6H2,1H3. The molecule has 0 saturated carbocycles. The van der Waals surface area contributed by atoms with E-state index in [1.807, 2.05) is 16.8 Å². The van der Waals surface area contributed by atoms with Gasteiger partial charge in [0, 0.05) is 34.7 Å². The molecule has 1 atom stereocenters. The number of nitrogens with zero attached hydrogens (tertiary/aromatic N) is 2. The SMILES string of the molecule is CCn1ccnc1CC(O)c1cc(Br)c(Cl)s1. The van der Waals surface area contributed by atoms with Gasteiger partial charge < -0.3 is 9.67 Å². The minimum atomic E-state index is -0.559. The van der Waals surface area contributed by atoms with Crippen molar-refractivity contribution in [2.45, 2.75) is 26.0 Å². The van der Waals surface area contributed by atoms with Gasteiger partial charge in [-0.3, -0.25) is 0 Å². The number of thiophene rings is 1. The zero-order chi connectivity index (χ0) is 12.4. The van der Waals surface area contributed by atoms with Crippen LogP contribution in [0.15, 0.2) is 22.9 Å². The monoisotopic (exact) mass is 334 g/mol. The van der Waals surface area contributed by atoms with Crippen molar-refractivity contribution in [2.75, 3.05) is 0 Å². The number of aliphatic hydroxyl groups is 1. The summed E-state index contributed by atoms with van der Waals surface area (Å²) < 4.78 is 3.52. The molecule has 0 aliphatic rings. The van der Waals surface area contributed by atoms with Crippen molar-refractivity contribution < 1.29 is 5.11 Å². The molecule has 2 aromatic rings. The van der Waals surface area contributed by atoms with Crippen molar-refractivity contribution in [3.8, 4) is 0 Å². The van der Waals surface area contributed by atoms with Gasteiger partial charge in [-0.1, -0.05) is 11.6 Å². The van der Waals surface area contributed by atoms with Crippen molar-refractivity contribution in [1.82, 2.24) is 9.55 Å². The molecule has 0 radical (unpaired) electrons. The van der Waals surface area contributed by atoms with Crippen LogP contribution in [0.25, 0.3) is 0 Å². The topological polar surface area (TPSA) is 38.0 Å². The molecule has 0 aliphatic carbocycles. The Morgan fingerprint density at radius 1 is 1.65 bits per heavy atom. The summed E-state index contributed by atoms with van der Waals surface area (Å²) in [6.07, 6.45) is 3.61. The van der Waals surface area contributed by atoms with E-state index in [-0.39, 0.29) is 0 Å². The Balaban J connectivity index is 2.14. The molecular weight excluding hydrogens is 324 g/mol. The first kappa shape index (κ1) is 13.1. The van der Waals surface area contributed by atoms with Crippen molar-refractivity contribution in [2.24, 2.45) is 0 Å². The number of aromatic nitrogens is 2. The largest absolute Gasteiger partial charge is 0.387 e. The van der Waals surface area contributed by atoms with Gasteiger partial charge in [0.25, 0.3) is 0 Å². The molecule has 0 fully saturated rings. The van der Waals surface area contributed by atoms with E-state index >= 15 is 0 Å². The quantitative estimate of drug-likeness (QED) is 0.926. The maximum Gasteiger partial charge on any atom is 0.111 e. The molecule has 92 valence electrons. The van der Waals surface area contributed by atoms with Crippen molar-refractivity contribution in [3.63, 3.8) is 0 Å². The van der Waals surface area contributed by atoms with E-state index in [0.29, 0.717) is 10.8 Å². The molecule has 0 saturated heterocycles. The summed E-state index contributed by atoms with van der Waals surface area (Å²) in [5.41, 5.74) is 0. The first-order valence-corrected chi connectivity index (χ1v) is 7.23. The minimum Gasteiger partial charge on any atom is -0.387 e. The molecule has 0 aromatic carbocycles. The van der Waals surface area contributed by atoms with E-state index in [1.165, 1.54) is 11.3 Å². The van der Waals surface area contributed by atoms with Crippen LogP contribution in [0, 0.1) is 0 Å². The summed E-state index contributed by atoms with van der Waals surface area (Å²) in [6, 6.07) is 1.86. The van der Waals surface area contributed by atoms with Crippen LogP contribution < -0.4 is 0 Å². The summed E-state index contributed by atoms with van der Waals surface area (Å²) in [4.78, 5) is 5.10. The van der Waals surface area contributed by atoms with E-state index in [0.717, 1.165) is 21.7 Å². The lowest BCUT2D eigenvalue weighted by atomic mass is 10.2. The smallest absolute Gasteiger partial charge is 0.111 e. The van der Waals surface area contributed by atoms with E-state index < -0.39 is 6.10 Å². The Labute approximate surface area is 117 Å². The molecule has 17 heavy (non-hydrogen) atoms. The third kappa shape index (κ3) is 2.91. The number of imidazole rings is 1. The van der Waals surface area contributed by atoms with Gasteiger partial charge in [-0.25, -0.2) is 4.98 Å². The predicted molar refractivity (Wildman–Crippen MR) is 73.6 cm³/mol. The molecular formula is C11H12BrClN2OS. The van der Waals surface area contributed by atoms with Gasteiger partial charge in [-0.2, -0.15) is 0 Å². The number of halogens is 2. The van der Waals surface area contributed by atoms with E-state index in [1.54, 1.807) is 6.20 Å². The molecule has 6 heteroatoms. The third-order valence-electron chi connectivity index (χ3n) is 2.51. The predicted octanol–water partition coefficient (Wildman–Crippen LogP) is 3.66. The maximum absolute atomic E-state index is 10.1. The second-order valence-electron chi connectivity index (χ2n) is 3.62. The van der Waals surface area contributed by atoms with E-state index in [9.17, 15) is 5.11 Å². The van der Waals surface area contributed by atoms with Crippen LogP contribution >= 0.6 is 38.9 Å². The highest BCUT2D eigenvalue weighted by molar-refractivity contribution is 9.10. The van der Waals surface area contributed by atoms with Crippen LogP contribution in [0.1, 0.15) is 23.7 Å². The molecule has 2 aromatic heterocycles. The lowest BCUT2D eigenvalue weighted by Gasteiger charge is -2.09. The fourth-order valence-electron chi connectivity index (χ4n) is 1.62. The van der Waals surface area contributed by atoms with Crippen LogP contribution in [-0.2, 0) is 13.0 Å². The van der Waals surface area contributed by atoms with Gasteiger partial charge in [0.05, 0.1) is 6.10 Å². The van der Waals surface area contributed by atoms with Crippen molar-refractivity contribution >= 4 is 38.9 Å². The molecule has 0 aliphatic heterocycles. The number of aliphatic hydroxyl groups excluding tert-OH is 1. The highest BCUT2D eigenvalue weighted by atomic mass is 79.9. The van der Waals surface area contributed by atoms with Crippen LogP contribution in [0.3, 0.4) is 0 Å². The van der Waals surface area contributed by atoms with Gasteiger partial charge in [0.1, 0.15) is 10.2 Å². The van der Waals surface area contributed by atoms with Crippen LogP contribution in [0.5, 0.6) is 0 Å². The second kappa shape index (κ2) is 5.52. The fraction of sp³-hybridized carbons (Fsp3) is 0.364. The Morgan fingerprint density at radius 2 is 2.41 bits per heavy atom. The summed E-state index contributed by atoms with van der Waals surface area (Å²) in [5.74, 6) is 0.889. The number of aryl methyl sites for hydroxylation is 1. The Bertz CT molecular complexity index is 492. The second-order valence-corrected chi connectivity index (χ2v) is 6.16. The summed E-state index contributed by atoms with van der Waals surface area (Å²) in [6.45, 7) is 2.91. The lowest BCUT2D eigenvalue weighted by Crippen LogP contribution is -2.07. The summed E-state index contributed by atoms with van der Waals surface area (Å²) >= 11 is 10.7. The van der Waals surface area contributed by atoms with Crippen LogP contribution in [0.4, 0.5) is 0 Å². The van der Waals surface area contributed by atoms with Gasteiger partial charge in [0.2, 0.25) is 0 Å². The Hall–Kier alpha value is -0.360. The van der Waals surface area contributed by atoms with Crippen LogP contribution in [0.2, 0.25) is 4.34 Å². The number of hydrogen-bond donors (Lipinski definition) is 1. The zero-order valence-corrected chi connectivity index (χ0v) is 12.4. The molecule has 2 heterocycles. The van der Waals surface area contributed by atoms with Gasteiger partial charge in [-0.05, 0) is 28.9 Å². The highest BCUT2D eigenvalue weighted by Gasteiger charge is 2.16. The summed E-state index contributed by atoms with van der Waals surface area (Å²) in [7, 11) is 0. The maximum atomic E-state index is 10.1. The first-order valence-electron chi connectivity index (χ1n) is 5.24. The van der Waals surface area contributed by atoms with Gasteiger partial charge in [-0.15, -0.1) is 11.3 Å². The normalized spacial score (nSPS) is 12.9. The fourth-order valence-corrected chi connectivity index (χ4v) is 3.34. The molecule has 1 unspecified atom stereocenters. The number of rotatable bonds is 4. The molecule has 0 bridgehead atoms. The average Bonchev–Trinajstić information content (AvgIpc) is 2.86. The Morgan fingerprint density at radius 3 is 3.00 bits per heavy atom. The van der Waals surface area contributed by atoms with Crippen LogP contribution in [-0.4, -0.2) is 14.7 Å². The molecule has 3 nitrogen and oxygen atoms in total. The first-order chi connectivity index (χ1) is 8.11. The molecule has 0 spiro atoms. The molecule has 0 amide bonds. The van der Waals surface area contributed by atoms with E-state index in [2.05, 4.69) is 27.8 Å². The van der Waals surface area contributed by atoms with E-state index in [4.69, 9.17) is 11.6 Å². The summed E-state index contributed by atoms with van der Waals surface area (Å²) in [5, 5.41) is 10.1. The highest BCUT2D eigenvalue weighted by Crippen LogP contribution is 2.35. The Kier molecular flexibility index (Phi) is 4.25. The molecule has 2 rings (SSSR count). The minimum absolute atomic E-state index is 0.504. The lowest BCUT2D eigenvalue weighted by molar-refractivity contribution is 0.178. The average molecular weight is 336 g/mol. The third-order valence-corrected chi connectivity index (χ3v) is 5.09. The van der Waals surface area contributed by atoms with Gasteiger partial charge >= 0.3 is 0 Å². The molecule has 1 N–H and O–H groups in total.